The van der Waals surface area contributed by atoms with Crippen molar-refractivity contribution in [2.24, 2.45) is 0 Å². The fourth-order valence-electron chi connectivity index (χ4n) is 3.49. The maximum atomic E-state index is 14.2. The maximum absolute atomic E-state index is 14.2. The Bertz CT molecular complexity index is 1090. The van der Waals surface area contributed by atoms with Crippen LogP contribution in [-0.4, -0.2) is 33.8 Å². The van der Waals surface area contributed by atoms with Gasteiger partial charge < -0.3 is 15.1 Å². The van der Waals surface area contributed by atoms with E-state index >= 15 is 0 Å². The highest BCUT2D eigenvalue weighted by Gasteiger charge is 2.23. The van der Waals surface area contributed by atoms with Crippen LogP contribution >= 0.6 is 0 Å². The first-order valence-electron chi connectivity index (χ1n) is 9.34. The van der Waals surface area contributed by atoms with E-state index in [2.05, 4.69) is 20.8 Å². The van der Waals surface area contributed by atoms with Crippen molar-refractivity contribution < 1.29 is 13.6 Å². The Morgan fingerprint density at radius 2 is 2.10 bits per heavy atom. The Hall–Kier alpha value is -3.33. The van der Waals surface area contributed by atoms with Crippen molar-refractivity contribution in [3.05, 3.63) is 70.0 Å². The second-order valence-corrected chi connectivity index (χ2v) is 7.02. The van der Waals surface area contributed by atoms with Crippen molar-refractivity contribution in [3.8, 4) is 5.69 Å². The molecule has 3 aromatic rings. The first-order chi connectivity index (χ1) is 14.0. The minimum absolute atomic E-state index is 0.0550. The molecule has 1 saturated heterocycles. The van der Waals surface area contributed by atoms with Gasteiger partial charge in [-0.15, -0.1) is 10.2 Å². The summed E-state index contributed by atoms with van der Waals surface area (Å²) in [5.74, 6) is -0.672. The van der Waals surface area contributed by atoms with Crippen molar-refractivity contribution in [1.82, 2.24) is 20.1 Å². The largest absolute Gasteiger partial charge is 0.427 e. The Kier molecular flexibility index (Phi) is 5.22. The minimum atomic E-state index is -0.724. The average molecular weight is 397 g/mol. The van der Waals surface area contributed by atoms with Crippen LogP contribution in [0.1, 0.15) is 40.4 Å². The van der Waals surface area contributed by atoms with Crippen molar-refractivity contribution >= 4 is 11.6 Å². The molecule has 3 heterocycles. The second-order valence-electron chi connectivity index (χ2n) is 7.02. The number of aromatic nitrogens is 3. The molecule has 29 heavy (non-hydrogen) atoms. The molecule has 4 rings (SSSR count). The smallest absolute Gasteiger partial charge is 0.349 e. The highest BCUT2D eigenvalue weighted by atomic mass is 19.1. The predicted octanol–water partition coefficient (Wildman–Crippen LogP) is 2.39. The van der Waals surface area contributed by atoms with Gasteiger partial charge >= 0.3 is 5.63 Å². The monoisotopic (exact) mass is 397 g/mol. The molecule has 0 radical (unpaired) electrons. The number of aryl methyl sites for hydroxylation is 1. The number of carbonyl (C=O) groups is 1. The van der Waals surface area contributed by atoms with Crippen LogP contribution in [0.5, 0.6) is 0 Å². The molecule has 2 N–H and O–H groups in total. The zero-order valence-corrected chi connectivity index (χ0v) is 15.8. The number of hydrogen-bond donors (Lipinski definition) is 2. The van der Waals surface area contributed by atoms with E-state index in [0.29, 0.717) is 17.0 Å². The van der Waals surface area contributed by atoms with Crippen molar-refractivity contribution in [2.45, 2.75) is 25.7 Å². The summed E-state index contributed by atoms with van der Waals surface area (Å²) >= 11 is 0. The van der Waals surface area contributed by atoms with E-state index < -0.39 is 17.3 Å². The van der Waals surface area contributed by atoms with Crippen LogP contribution < -0.4 is 16.3 Å². The lowest BCUT2D eigenvalue weighted by atomic mass is 9.95. The highest BCUT2D eigenvalue weighted by molar-refractivity contribution is 6.05. The van der Waals surface area contributed by atoms with E-state index in [1.807, 2.05) is 0 Å². The number of halogens is 1. The number of piperidine rings is 1. The number of hydrogen-bond acceptors (Lipinski definition) is 6. The summed E-state index contributed by atoms with van der Waals surface area (Å²) in [5, 5.41) is 13.1. The molecule has 1 amide bonds. The molecule has 0 spiro atoms. The number of benzene rings is 1. The highest BCUT2D eigenvalue weighted by Crippen LogP contribution is 2.24. The third kappa shape index (κ3) is 3.95. The molecule has 1 aromatic carbocycles. The summed E-state index contributed by atoms with van der Waals surface area (Å²) in [6.45, 7) is 3.35. The number of anilines is 1. The molecule has 8 nitrogen and oxygen atoms in total. The van der Waals surface area contributed by atoms with Crippen LogP contribution in [0, 0.1) is 12.7 Å². The van der Waals surface area contributed by atoms with E-state index in [9.17, 15) is 14.0 Å². The van der Waals surface area contributed by atoms with Gasteiger partial charge in [0.1, 0.15) is 29.8 Å². The molecule has 1 unspecified atom stereocenters. The van der Waals surface area contributed by atoms with Gasteiger partial charge in [0, 0.05) is 12.5 Å². The minimum Gasteiger partial charge on any atom is -0.427 e. The van der Waals surface area contributed by atoms with E-state index in [4.69, 9.17) is 4.42 Å². The molecule has 150 valence electrons. The fourth-order valence-corrected chi connectivity index (χ4v) is 3.49. The van der Waals surface area contributed by atoms with Crippen LogP contribution in [0.15, 0.2) is 46.1 Å². The quantitative estimate of drug-likeness (QED) is 0.701. The SMILES string of the molecule is Cc1cc(C2CCCNC2)oc(=O)c1C(=O)Nc1cc(-n2cnnc2)ccc1F. The van der Waals surface area contributed by atoms with E-state index in [0.717, 1.165) is 25.9 Å². The summed E-state index contributed by atoms with van der Waals surface area (Å²) < 4.78 is 21.2. The van der Waals surface area contributed by atoms with Crippen LogP contribution in [0.4, 0.5) is 10.1 Å². The lowest BCUT2D eigenvalue weighted by molar-refractivity contribution is 0.102. The summed E-state index contributed by atoms with van der Waals surface area (Å²) in [4.78, 5) is 25.2. The number of rotatable bonds is 4. The third-order valence-corrected chi connectivity index (χ3v) is 5.01. The first kappa shape index (κ1) is 19.0. The Labute approximate surface area is 165 Å². The molecule has 0 saturated carbocycles. The molecule has 1 atom stereocenters. The molecule has 1 aliphatic rings. The molecular weight excluding hydrogens is 377 g/mol. The second kappa shape index (κ2) is 7.96. The van der Waals surface area contributed by atoms with Gasteiger partial charge in [-0.2, -0.15) is 0 Å². The number of amides is 1. The van der Waals surface area contributed by atoms with E-state index in [1.54, 1.807) is 17.6 Å². The molecule has 0 aliphatic carbocycles. The fraction of sp³-hybridized carbons (Fsp3) is 0.300. The molecule has 1 fully saturated rings. The zero-order valence-electron chi connectivity index (χ0n) is 15.8. The first-order valence-corrected chi connectivity index (χ1v) is 9.34. The summed E-state index contributed by atoms with van der Waals surface area (Å²) in [6, 6.07) is 5.91. The van der Waals surface area contributed by atoms with Crippen LogP contribution in [0.3, 0.4) is 0 Å². The predicted molar refractivity (Wildman–Crippen MR) is 104 cm³/mol. The van der Waals surface area contributed by atoms with Gasteiger partial charge in [-0.05, 0) is 56.1 Å². The molecule has 9 heteroatoms. The Morgan fingerprint density at radius 3 is 2.79 bits per heavy atom. The van der Waals surface area contributed by atoms with Crippen LogP contribution in [-0.2, 0) is 0 Å². The molecular formula is C20H20FN5O3. The topological polar surface area (TPSA) is 102 Å². The van der Waals surface area contributed by atoms with Crippen LogP contribution in [0.25, 0.3) is 5.69 Å². The van der Waals surface area contributed by atoms with Gasteiger partial charge in [0.2, 0.25) is 0 Å². The Balaban J connectivity index is 1.60. The van der Waals surface area contributed by atoms with Crippen molar-refractivity contribution in [3.63, 3.8) is 0 Å². The van der Waals surface area contributed by atoms with Gasteiger partial charge in [-0.1, -0.05) is 0 Å². The average Bonchev–Trinajstić information content (AvgIpc) is 3.24. The third-order valence-electron chi connectivity index (χ3n) is 5.01. The standard InChI is InChI=1S/C20H20FN5O3/c1-12-7-17(13-3-2-6-22-9-13)29-20(28)18(12)19(27)25-16-8-14(4-5-15(16)21)26-10-23-24-11-26/h4-5,7-8,10-11,13,22H,2-3,6,9H2,1H3,(H,25,27). The summed E-state index contributed by atoms with van der Waals surface area (Å²) in [7, 11) is 0. The van der Waals surface area contributed by atoms with Gasteiger partial charge in [-0.3, -0.25) is 9.36 Å². The molecule has 1 aliphatic heterocycles. The summed E-state index contributed by atoms with van der Waals surface area (Å²) in [5.41, 5.74) is 0.149. The van der Waals surface area contributed by atoms with Crippen LogP contribution in [0.2, 0.25) is 0 Å². The van der Waals surface area contributed by atoms with Gasteiger partial charge in [-0.25, -0.2) is 9.18 Å². The van der Waals surface area contributed by atoms with Crippen molar-refractivity contribution in [1.29, 1.82) is 0 Å². The van der Waals surface area contributed by atoms with Gasteiger partial charge in [0.05, 0.1) is 11.4 Å². The maximum Gasteiger partial charge on any atom is 0.349 e. The molecule has 0 bridgehead atoms. The Morgan fingerprint density at radius 1 is 1.31 bits per heavy atom. The summed E-state index contributed by atoms with van der Waals surface area (Å²) in [6.07, 6.45) is 4.83. The lowest BCUT2D eigenvalue weighted by Crippen LogP contribution is -2.30. The normalized spacial score (nSPS) is 16.6. The van der Waals surface area contributed by atoms with E-state index in [-0.39, 0.29) is 17.2 Å². The number of nitrogens with zero attached hydrogens (tertiary/aromatic N) is 3. The van der Waals surface area contributed by atoms with Gasteiger partial charge in [0.15, 0.2) is 0 Å². The number of carbonyl (C=O) groups excluding carboxylic acids is 1. The molecule has 2 aromatic heterocycles. The van der Waals surface area contributed by atoms with E-state index in [1.165, 1.54) is 30.9 Å². The van der Waals surface area contributed by atoms with Gasteiger partial charge in [0.25, 0.3) is 5.91 Å². The number of nitrogens with one attached hydrogen (secondary N) is 2. The lowest BCUT2D eigenvalue weighted by Gasteiger charge is -2.22. The zero-order chi connectivity index (χ0) is 20.4. The van der Waals surface area contributed by atoms with Crippen molar-refractivity contribution in [2.75, 3.05) is 18.4 Å².